The highest BCUT2D eigenvalue weighted by atomic mass is 16.5. The van der Waals surface area contributed by atoms with E-state index in [4.69, 9.17) is 9.15 Å². The Bertz CT molecular complexity index is 950. The summed E-state index contributed by atoms with van der Waals surface area (Å²) in [6, 6.07) is 13.1. The summed E-state index contributed by atoms with van der Waals surface area (Å²) in [5.74, 6) is 0.727. The van der Waals surface area contributed by atoms with Gasteiger partial charge in [-0.2, -0.15) is 0 Å². The zero-order valence-corrected chi connectivity index (χ0v) is 16.5. The number of aromatic nitrogens is 2. The molecule has 146 valence electrons. The summed E-state index contributed by atoms with van der Waals surface area (Å²) in [5.41, 5.74) is 3.45. The lowest BCUT2D eigenvalue weighted by Crippen LogP contribution is -2.12. The van der Waals surface area contributed by atoms with Gasteiger partial charge < -0.3 is 9.15 Å². The summed E-state index contributed by atoms with van der Waals surface area (Å²) in [6.45, 7) is 6.76. The Balaban J connectivity index is 1.67. The Morgan fingerprint density at radius 1 is 1.11 bits per heavy atom. The van der Waals surface area contributed by atoms with E-state index in [1.807, 2.05) is 38.1 Å². The number of hydrogen-bond acceptors (Lipinski definition) is 5. The van der Waals surface area contributed by atoms with Crippen molar-refractivity contribution in [3.8, 4) is 17.2 Å². The molecule has 0 bridgehead atoms. The van der Waals surface area contributed by atoms with Gasteiger partial charge in [-0.15, -0.1) is 5.10 Å². The van der Waals surface area contributed by atoms with E-state index in [2.05, 4.69) is 22.4 Å². The molecular weight excluding hydrogens is 354 g/mol. The molecule has 6 heteroatoms. The highest BCUT2D eigenvalue weighted by Gasteiger charge is 2.14. The lowest BCUT2D eigenvalue weighted by atomic mass is 10.1. The molecule has 1 heterocycles. The number of anilines is 1. The number of unbranched alkanes of at least 4 members (excludes halogenated alkanes) is 2. The Labute approximate surface area is 164 Å². The van der Waals surface area contributed by atoms with Gasteiger partial charge in [0, 0.05) is 11.1 Å². The van der Waals surface area contributed by atoms with Gasteiger partial charge in [0.1, 0.15) is 5.75 Å². The number of carbonyl (C=O) groups is 1. The third-order valence-electron chi connectivity index (χ3n) is 4.38. The molecule has 28 heavy (non-hydrogen) atoms. The Kier molecular flexibility index (Phi) is 6.42. The van der Waals surface area contributed by atoms with Crippen LogP contribution in [0.3, 0.4) is 0 Å². The number of nitrogens with one attached hydrogen (secondary N) is 1. The van der Waals surface area contributed by atoms with Gasteiger partial charge in [0.15, 0.2) is 0 Å². The van der Waals surface area contributed by atoms with E-state index >= 15 is 0 Å². The topological polar surface area (TPSA) is 77.2 Å². The molecule has 6 nitrogen and oxygen atoms in total. The number of hydrogen-bond donors (Lipinski definition) is 1. The average molecular weight is 379 g/mol. The standard InChI is InChI=1S/C22H25N3O3/c1-4-5-6-12-27-18-9-7-8-17(14-18)20(26)23-22-25-24-21(28-22)19-13-15(2)10-11-16(19)3/h7-11,13-14H,4-6,12H2,1-3H3,(H,23,25,26). The van der Waals surface area contributed by atoms with E-state index in [1.165, 1.54) is 0 Å². The molecule has 0 radical (unpaired) electrons. The zero-order chi connectivity index (χ0) is 19.9. The summed E-state index contributed by atoms with van der Waals surface area (Å²) >= 11 is 0. The van der Waals surface area contributed by atoms with Crippen molar-refractivity contribution in [2.24, 2.45) is 0 Å². The first-order chi connectivity index (χ1) is 13.6. The minimum atomic E-state index is -0.324. The number of ether oxygens (including phenoxy) is 1. The summed E-state index contributed by atoms with van der Waals surface area (Å²) in [5, 5.41) is 10.6. The largest absolute Gasteiger partial charge is 0.494 e. The first kappa shape index (κ1) is 19.6. The van der Waals surface area contributed by atoms with Gasteiger partial charge >= 0.3 is 6.01 Å². The van der Waals surface area contributed by atoms with Crippen molar-refractivity contribution in [2.45, 2.75) is 40.0 Å². The number of amides is 1. The second-order valence-corrected chi connectivity index (χ2v) is 6.77. The lowest BCUT2D eigenvalue weighted by molar-refractivity contribution is 0.102. The number of benzene rings is 2. The molecule has 1 aromatic heterocycles. The fourth-order valence-electron chi connectivity index (χ4n) is 2.79. The fraction of sp³-hybridized carbons (Fsp3) is 0.318. The average Bonchev–Trinajstić information content (AvgIpc) is 3.15. The van der Waals surface area contributed by atoms with Crippen molar-refractivity contribution in [2.75, 3.05) is 11.9 Å². The van der Waals surface area contributed by atoms with Gasteiger partial charge in [-0.25, -0.2) is 0 Å². The summed E-state index contributed by atoms with van der Waals surface area (Å²) < 4.78 is 11.3. The van der Waals surface area contributed by atoms with Crippen molar-refractivity contribution in [3.63, 3.8) is 0 Å². The predicted molar refractivity (Wildman–Crippen MR) is 109 cm³/mol. The van der Waals surface area contributed by atoms with Gasteiger partial charge in [0.05, 0.1) is 6.61 Å². The molecule has 0 atom stereocenters. The summed E-state index contributed by atoms with van der Waals surface area (Å²) in [4.78, 5) is 12.5. The van der Waals surface area contributed by atoms with Crippen LogP contribution in [0.15, 0.2) is 46.9 Å². The molecule has 0 spiro atoms. The SMILES string of the molecule is CCCCCOc1cccc(C(=O)Nc2nnc(-c3cc(C)ccc3C)o2)c1. The first-order valence-electron chi connectivity index (χ1n) is 9.52. The number of nitrogens with zero attached hydrogens (tertiary/aromatic N) is 2. The minimum Gasteiger partial charge on any atom is -0.494 e. The van der Waals surface area contributed by atoms with Crippen LogP contribution in [0.25, 0.3) is 11.5 Å². The maximum atomic E-state index is 12.5. The molecule has 1 amide bonds. The normalized spacial score (nSPS) is 10.7. The number of aryl methyl sites for hydroxylation is 2. The number of carbonyl (C=O) groups excluding carboxylic acids is 1. The van der Waals surface area contributed by atoms with E-state index < -0.39 is 0 Å². The highest BCUT2D eigenvalue weighted by molar-refractivity contribution is 6.03. The van der Waals surface area contributed by atoms with Crippen molar-refractivity contribution >= 4 is 11.9 Å². The second kappa shape index (κ2) is 9.17. The van der Waals surface area contributed by atoms with Gasteiger partial charge in [0.25, 0.3) is 5.91 Å². The molecule has 0 aliphatic carbocycles. The Morgan fingerprint density at radius 2 is 1.96 bits per heavy atom. The molecule has 0 aliphatic heterocycles. The van der Waals surface area contributed by atoms with Crippen molar-refractivity contribution in [1.29, 1.82) is 0 Å². The van der Waals surface area contributed by atoms with Crippen LogP contribution >= 0.6 is 0 Å². The molecule has 0 unspecified atom stereocenters. The van der Waals surface area contributed by atoms with Crippen LogP contribution in [0, 0.1) is 13.8 Å². The number of rotatable bonds is 8. The maximum Gasteiger partial charge on any atom is 0.322 e. The maximum absolute atomic E-state index is 12.5. The first-order valence-corrected chi connectivity index (χ1v) is 9.52. The van der Waals surface area contributed by atoms with E-state index in [0.717, 1.165) is 36.0 Å². The summed E-state index contributed by atoms with van der Waals surface area (Å²) in [6.07, 6.45) is 3.26. The monoisotopic (exact) mass is 379 g/mol. The molecule has 0 aliphatic rings. The zero-order valence-electron chi connectivity index (χ0n) is 16.5. The lowest BCUT2D eigenvalue weighted by Gasteiger charge is -2.07. The smallest absolute Gasteiger partial charge is 0.322 e. The van der Waals surface area contributed by atoms with E-state index in [9.17, 15) is 4.79 Å². The van der Waals surface area contributed by atoms with Gasteiger partial charge in [-0.3, -0.25) is 10.1 Å². The van der Waals surface area contributed by atoms with Crippen LogP contribution in [0.5, 0.6) is 5.75 Å². The molecule has 3 aromatic rings. The van der Waals surface area contributed by atoms with Crippen molar-refractivity contribution in [3.05, 3.63) is 59.2 Å². The van der Waals surface area contributed by atoms with Crippen LogP contribution in [0.4, 0.5) is 6.01 Å². The van der Waals surface area contributed by atoms with Crippen LogP contribution in [0.2, 0.25) is 0 Å². The van der Waals surface area contributed by atoms with Gasteiger partial charge in [-0.05, 0) is 50.1 Å². The fourth-order valence-corrected chi connectivity index (χ4v) is 2.79. The van der Waals surface area contributed by atoms with Crippen molar-refractivity contribution in [1.82, 2.24) is 10.2 Å². The third-order valence-corrected chi connectivity index (χ3v) is 4.38. The highest BCUT2D eigenvalue weighted by Crippen LogP contribution is 2.25. The molecular formula is C22H25N3O3. The minimum absolute atomic E-state index is 0.0650. The molecule has 2 aromatic carbocycles. The summed E-state index contributed by atoms with van der Waals surface area (Å²) in [7, 11) is 0. The van der Waals surface area contributed by atoms with Crippen LogP contribution in [-0.2, 0) is 0 Å². The van der Waals surface area contributed by atoms with Crippen molar-refractivity contribution < 1.29 is 13.9 Å². The molecule has 0 fully saturated rings. The van der Waals surface area contributed by atoms with Gasteiger partial charge in [-0.1, -0.05) is 48.6 Å². The quantitative estimate of drug-likeness (QED) is 0.546. The van der Waals surface area contributed by atoms with Crippen LogP contribution in [-0.4, -0.2) is 22.7 Å². The Hall–Kier alpha value is -3.15. The van der Waals surface area contributed by atoms with Crippen LogP contribution in [0.1, 0.15) is 47.7 Å². The van der Waals surface area contributed by atoms with Crippen LogP contribution < -0.4 is 10.1 Å². The molecule has 0 saturated heterocycles. The third kappa shape index (κ3) is 4.97. The second-order valence-electron chi connectivity index (χ2n) is 6.77. The Morgan fingerprint density at radius 3 is 2.79 bits per heavy atom. The molecule has 0 saturated carbocycles. The molecule has 3 rings (SSSR count). The molecule has 1 N–H and O–H groups in total. The van der Waals surface area contributed by atoms with Gasteiger partial charge in [0.2, 0.25) is 5.89 Å². The van der Waals surface area contributed by atoms with E-state index in [-0.39, 0.29) is 11.9 Å². The van der Waals surface area contributed by atoms with E-state index in [0.29, 0.717) is 23.8 Å². The van der Waals surface area contributed by atoms with E-state index in [1.54, 1.807) is 18.2 Å². The predicted octanol–water partition coefficient (Wildman–Crippen LogP) is 5.17.